The highest BCUT2D eigenvalue weighted by molar-refractivity contribution is 9.10. The molecule has 92 valence electrons. The molecule has 1 aliphatic carbocycles. The zero-order chi connectivity index (χ0) is 12.7. The third-order valence-electron chi connectivity index (χ3n) is 2.99. The van der Waals surface area contributed by atoms with E-state index >= 15 is 0 Å². The van der Waals surface area contributed by atoms with Crippen LogP contribution in [0.25, 0.3) is 10.4 Å². The number of carbonyl (C=O) groups is 1. The van der Waals surface area contributed by atoms with Crippen molar-refractivity contribution in [2.75, 3.05) is 0 Å². The largest absolute Gasteiger partial charge is 0.293 e. The lowest BCUT2D eigenvalue weighted by atomic mass is 10.2. The summed E-state index contributed by atoms with van der Waals surface area (Å²) in [6.45, 7) is 0. The number of benzene rings is 1. The van der Waals surface area contributed by atoms with Crippen LogP contribution in [-0.4, -0.2) is 5.78 Å². The van der Waals surface area contributed by atoms with E-state index in [4.69, 9.17) is 11.6 Å². The fraction of sp³-hybridized carbons (Fsp3) is 0.214. The fourth-order valence-corrected chi connectivity index (χ4v) is 3.94. The van der Waals surface area contributed by atoms with Crippen LogP contribution in [0.5, 0.6) is 0 Å². The molecule has 1 aliphatic rings. The van der Waals surface area contributed by atoms with Gasteiger partial charge in [0.25, 0.3) is 0 Å². The van der Waals surface area contributed by atoms with Crippen LogP contribution < -0.4 is 0 Å². The second-order valence-corrected chi connectivity index (χ2v) is 6.80. The highest BCUT2D eigenvalue weighted by Gasteiger charge is 2.31. The van der Waals surface area contributed by atoms with E-state index in [9.17, 15) is 4.79 Å². The average molecular weight is 342 g/mol. The molecule has 0 N–H and O–H groups in total. The number of halogens is 2. The van der Waals surface area contributed by atoms with Gasteiger partial charge in [0, 0.05) is 25.9 Å². The first-order valence-corrected chi connectivity index (χ1v) is 7.73. The van der Waals surface area contributed by atoms with Gasteiger partial charge in [-0.1, -0.05) is 33.6 Å². The molecule has 0 spiro atoms. The van der Waals surface area contributed by atoms with Crippen LogP contribution in [-0.2, 0) is 0 Å². The van der Waals surface area contributed by atoms with E-state index in [1.165, 1.54) is 0 Å². The summed E-state index contributed by atoms with van der Waals surface area (Å²) in [4.78, 5) is 13.9. The highest BCUT2D eigenvalue weighted by Crippen LogP contribution is 2.39. The zero-order valence-electron chi connectivity index (χ0n) is 9.45. The second-order valence-electron chi connectivity index (χ2n) is 4.43. The molecule has 1 aromatic heterocycles. The highest BCUT2D eigenvalue weighted by atomic mass is 79.9. The van der Waals surface area contributed by atoms with Gasteiger partial charge in [0.15, 0.2) is 5.78 Å². The molecule has 1 fully saturated rings. The first kappa shape index (κ1) is 12.4. The van der Waals surface area contributed by atoms with Gasteiger partial charge in [0.2, 0.25) is 0 Å². The molecule has 1 heterocycles. The maximum Gasteiger partial charge on any atom is 0.175 e. The minimum atomic E-state index is 0.283. The van der Waals surface area contributed by atoms with Crippen molar-refractivity contribution in [1.29, 1.82) is 0 Å². The van der Waals surface area contributed by atoms with Crippen molar-refractivity contribution in [2.45, 2.75) is 12.8 Å². The van der Waals surface area contributed by atoms with Crippen LogP contribution in [0.3, 0.4) is 0 Å². The quantitative estimate of drug-likeness (QED) is 0.681. The van der Waals surface area contributed by atoms with Crippen molar-refractivity contribution < 1.29 is 4.79 Å². The average Bonchev–Trinajstić information content (AvgIpc) is 3.07. The number of hydrogen-bond acceptors (Lipinski definition) is 2. The van der Waals surface area contributed by atoms with Crippen LogP contribution in [0.4, 0.5) is 0 Å². The van der Waals surface area contributed by atoms with Gasteiger partial charge in [-0.25, -0.2) is 0 Å². The van der Waals surface area contributed by atoms with Crippen molar-refractivity contribution in [2.24, 2.45) is 5.92 Å². The first-order valence-electron chi connectivity index (χ1n) is 5.74. The van der Waals surface area contributed by atoms with E-state index in [1.807, 2.05) is 30.3 Å². The molecule has 2 aromatic rings. The Bertz CT molecular complexity index is 616. The number of carbonyl (C=O) groups excluding carboxylic acids is 1. The third kappa shape index (κ3) is 2.40. The van der Waals surface area contributed by atoms with Crippen LogP contribution in [0, 0.1) is 5.92 Å². The van der Waals surface area contributed by atoms with E-state index in [0.717, 1.165) is 32.6 Å². The molecule has 1 aromatic carbocycles. The second kappa shape index (κ2) is 4.80. The van der Waals surface area contributed by atoms with Crippen molar-refractivity contribution in [3.63, 3.8) is 0 Å². The summed E-state index contributed by atoms with van der Waals surface area (Å²) in [5, 5.41) is 0.705. The van der Waals surface area contributed by atoms with Gasteiger partial charge in [-0.2, -0.15) is 0 Å². The van der Waals surface area contributed by atoms with Gasteiger partial charge in [0.05, 0.1) is 4.88 Å². The Morgan fingerprint density at radius 1 is 1.28 bits per heavy atom. The number of rotatable bonds is 3. The SMILES string of the molecule is O=C(c1ccc(-c2ccc(Cl)cc2Br)s1)C1CC1. The molecule has 1 nitrogen and oxygen atoms in total. The number of thiophene rings is 1. The van der Waals surface area contributed by atoms with Crippen LogP contribution in [0.15, 0.2) is 34.8 Å². The number of ketones is 1. The molecule has 0 atom stereocenters. The maximum absolute atomic E-state index is 12.0. The summed E-state index contributed by atoms with van der Waals surface area (Å²) in [6, 6.07) is 9.66. The predicted molar refractivity (Wildman–Crippen MR) is 79.5 cm³/mol. The lowest BCUT2D eigenvalue weighted by Gasteiger charge is -2.01. The van der Waals surface area contributed by atoms with Crippen molar-refractivity contribution >= 4 is 44.7 Å². The number of Topliss-reactive ketones (excluding diaryl/α,β-unsaturated/α-hetero) is 1. The van der Waals surface area contributed by atoms with Crippen LogP contribution in [0.1, 0.15) is 22.5 Å². The Morgan fingerprint density at radius 3 is 2.72 bits per heavy atom. The standard InChI is InChI=1S/C14H10BrClOS/c15-11-7-9(16)3-4-10(11)12-5-6-13(18-12)14(17)8-1-2-8/h3-8H,1-2H2. The minimum absolute atomic E-state index is 0.283. The smallest absolute Gasteiger partial charge is 0.175 e. The van der Waals surface area contributed by atoms with Gasteiger partial charge in [-0.05, 0) is 37.1 Å². The molecule has 0 bridgehead atoms. The van der Waals surface area contributed by atoms with Gasteiger partial charge in [-0.15, -0.1) is 11.3 Å². The summed E-state index contributed by atoms with van der Waals surface area (Å²) in [5.74, 6) is 0.585. The lowest BCUT2D eigenvalue weighted by molar-refractivity contribution is 0.0971. The Hall–Kier alpha value is -0.640. The Balaban J connectivity index is 1.94. The van der Waals surface area contributed by atoms with Crippen LogP contribution in [0.2, 0.25) is 5.02 Å². The molecule has 0 saturated heterocycles. The summed E-state index contributed by atoms with van der Waals surface area (Å²) >= 11 is 11.0. The van der Waals surface area contributed by atoms with Crippen molar-refractivity contribution in [3.8, 4) is 10.4 Å². The maximum atomic E-state index is 12.0. The Kier molecular flexibility index (Phi) is 3.31. The van der Waals surface area contributed by atoms with Crippen molar-refractivity contribution in [3.05, 3.63) is 44.7 Å². The molecular weight excluding hydrogens is 332 g/mol. The normalized spacial score (nSPS) is 14.8. The molecule has 3 rings (SSSR count). The topological polar surface area (TPSA) is 17.1 Å². The fourth-order valence-electron chi connectivity index (χ4n) is 1.85. The Morgan fingerprint density at radius 2 is 2.06 bits per heavy atom. The molecular formula is C14H10BrClOS. The molecule has 0 unspecified atom stereocenters. The van der Waals surface area contributed by atoms with E-state index in [2.05, 4.69) is 15.9 Å². The van der Waals surface area contributed by atoms with Gasteiger partial charge in [-0.3, -0.25) is 4.79 Å². The molecule has 1 saturated carbocycles. The summed E-state index contributed by atoms with van der Waals surface area (Å²) in [7, 11) is 0. The van der Waals surface area contributed by atoms with E-state index in [-0.39, 0.29) is 5.92 Å². The number of hydrogen-bond donors (Lipinski definition) is 0. The molecule has 0 radical (unpaired) electrons. The van der Waals surface area contributed by atoms with Crippen molar-refractivity contribution in [1.82, 2.24) is 0 Å². The van der Waals surface area contributed by atoms with Gasteiger partial charge < -0.3 is 0 Å². The minimum Gasteiger partial charge on any atom is -0.293 e. The predicted octanol–water partition coefficient (Wildman–Crippen LogP) is 5.42. The van der Waals surface area contributed by atoms with E-state index < -0.39 is 0 Å². The monoisotopic (exact) mass is 340 g/mol. The van der Waals surface area contributed by atoms with E-state index in [1.54, 1.807) is 11.3 Å². The lowest BCUT2D eigenvalue weighted by Crippen LogP contribution is -1.96. The summed E-state index contributed by atoms with van der Waals surface area (Å²) in [5.41, 5.74) is 1.08. The van der Waals surface area contributed by atoms with Gasteiger partial charge >= 0.3 is 0 Å². The zero-order valence-corrected chi connectivity index (χ0v) is 12.6. The molecule has 4 heteroatoms. The van der Waals surface area contributed by atoms with E-state index in [0.29, 0.717) is 10.8 Å². The van der Waals surface area contributed by atoms with Gasteiger partial charge in [0.1, 0.15) is 0 Å². The molecule has 0 amide bonds. The third-order valence-corrected chi connectivity index (χ3v) is 5.02. The van der Waals surface area contributed by atoms with Crippen LogP contribution >= 0.6 is 38.9 Å². The first-order chi connectivity index (χ1) is 8.65. The Labute approximate surface area is 123 Å². The summed E-state index contributed by atoms with van der Waals surface area (Å²) < 4.78 is 0.960. The molecule has 0 aliphatic heterocycles. The molecule has 18 heavy (non-hydrogen) atoms. The summed E-state index contributed by atoms with van der Waals surface area (Å²) in [6.07, 6.45) is 2.10.